The van der Waals surface area contributed by atoms with Crippen LogP contribution in [0.3, 0.4) is 0 Å². The van der Waals surface area contributed by atoms with Crippen LogP contribution in [0.15, 0.2) is 12.1 Å². The summed E-state index contributed by atoms with van der Waals surface area (Å²) < 4.78 is 13.1. The molecule has 0 aliphatic rings. The summed E-state index contributed by atoms with van der Waals surface area (Å²) in [5.41, 5.74) is 0.491. The lowest BCUT2D eigenvalue weighted by Gasteiger charge is -2.00. The van der Waals surface area contributed by atoms with Crippen molar-refractivity contribution >= 4 is 5.69 Å². The van der Waals surface area contributed by atoms with Crippen LogP contribution in [0.25, 0.3) is 0 Å². The third-order valence-corrected chi connectivity index (χ3v) is 2.03. The molecule has 0 bridgehead atoms. The monoisotopic (exact) mass is 222 g/mol. The Balaban J connectivity index is 3.21. The minimum Gasteiger partial charge on any atom is -0.309 e. The minimum absolute atomic E-state index is 0.242. The van der Waals surface area contributed by atoms with Crippen LogP contribution < -0.4 is 5.32 Å². The number of nitro groups is 1. The van der Waals surface area contributed by atoms with Gasteiger partial charge in [0.1, 0.15) is 5.82 Å². The molecule has 0 aliphatic heterocycles. The van der Waals surface area contributed by atoms with Gasteiger partial charge >= 0.3 is 0 Å². The first-order valence-corrected chi connectivity index (χ1v) is 4.64. The fraction of sp³-hybridized carbons (Fsp3) is 0.273. The van der Waals surface area contributed by atoms with Crippen molar-refractivity contribution in [2.45, 2.75) is 6.92 Å². The van der Waals surface area contributed by atoms with Crippen molar-refractivity contribution in [3.63, 3.8) is 0 Å². The molecule has 1 aromatic carbocycles. The van der Waals surface area contributed by atoms with Crippen LogP contribution in [0.5, 0.6) is 0 Å². The molecule has 0 amide bonds. The number of nitrogens with zero attached hydrogens (tertiary/aromatic N) is 1. The van der Waals surface area contributed by atoms with Gasteiger partial charge in [-0.05, 0) is 20.0 Å². The van der Waals surface area contributed by atoms with Crippen molar-refractivity contribution < 1.29 is 9.31 Å². The van der Waals surface area contributed by atoms with Crippen molar-refractivity contribution in [1.29, 1.82) is 0 Å². The molecule has 0 radical (unpaired) electrons. The molecular formula is C11H11FN2O2. The quantitative estimate of drug-likeness (QED) is 0.470. The fourth-order valence-corrected chi connectivity index (χ4v) is 1.21. The first-order chi connectivity index (χ1) is 7.56. The molecular weight excluding hydrogens is 211 g/mol. The van der Waals surface area contributed by atoms with Crippen LogP contribution >= 0.6 is 0 Å². The van der Waals surface area contributed by atoms with E-state index >= 15 is 0 Å². The molecule has 0 atom stereocenters. The Morgan fingerprint density at radius 1 is 1.56 bits per heavy atom. The summed E-state index contributed by atoms with van der Waals surface area (Å²) in [5.74, 6) is 4.78. The molecule has 0 aliphatic carbocycles. The molecule has 1 rings (SSSR count). The summed E-state index contributed by atoms with van der Waals surface area (Å²) in [6.45, 7) is 2.00. The van der Waals surface area contributed by atoms with Gasteiger partial charge in [0.2, 0.25) is 0 Å². The normalized spacial score (nSPS) is 9.44. The second-order valence-electron chi connectivity index (χ2n) is 3.19. The zero-order valence-electron chi connectivity index (χ0n) is 9.00. The van der Waals surface area contributed by atoms with Crippen molar-refractivity contribution in [2.75, 3.05) is 13.6 Å². The van der Waals surface area contributed by atoms with E-state index in [0.29, 0.717) is 17.7 Å². The van der Waals surface area contributed by atoms with Crippen LogP contribution in [-0.2, 0) is 0 Å². The third-order valence-electron chi connectivity index (χ3n) is 2.03. The molecule has 1 N–H and O–H groups in total. The van der Waals surface area contributed by atoms with Gasteiger partial charge in [-0.3, -0.25) is 10.1 Å². The molecule has 0 heterocycles. The average molecular weight is 222 g/mol. The van der Waals surface area contributed by atoms with Crippen LogP contribution in [-0.4, -0.2) is 18.5 Å². The maximum absolute atomic E-state index is 13.1. The van der Waals surface area contributed by atoms with E-state index in [9.17, 15) is 14.5 Å². The highest BCUT2D eigenvalue weighted by Crippen LogP contribution is 2.22. The van der Waals surface area contributed by atoms with Gasteiger partial charge in [0.25, 0.3) is 5.69 Å². The van der Waals surface area contributed by atoms with Gasteiger partial charge < -0.3 is 5.32 Å². The zero-order chi connectivity index (χ0) is 12.1. The number of halogens is 1. The molecule has 1 aromatic rings. The van der Waals surface area contributed by atoms with Gasteiger partial charge in [0.15, 0.2) is 0 Å². The van der Waals surface area contributed by atoms with Gasteiger partial charge in [0.05, 0.1) is 17.5 Å². The highest BCUT2D eigenvalue weighted by atomic mass is 19.1. The number of nitrogens with one attached hydrogen (secondary N) is 1. The summed E-state index contributed by atoms with van der Waals surface area (Å²) in [7, 11) is 1.73. The van der Waals surface area contributed by atoms with E-state index in [2.05, 4.69) is 17.2 Å². The minimum atomic E-state index is -0.647. The number of rotatable bonds is 2. The lowest BCUT2D eigenvalue weighted by molar-refractivity contribution is -0.385. The van der Waals surface area contributed by atoms with Crippen LogP contribution in [0.4, 0.5) is 10.1 Å². The Morgan fingerprint density at radius 3 is 2.81 bits per heavy atom. The molecule has 4 nitrogen and oxygen atoms in total. The predicted octanol–water partition coefficient (Wildman–Crippen LogP) is 1.61. The Hall–Kier alpha value is -1.93. The molecule has 0 spiro atoms. The average Bonchev–Trinajstić information content (AvgIpc) is 2.22. The van der Waals surface area contributed by atoms with E-state index in [4.69, 9.17) is 0 Å². The van der Waals surface area contributed by atoms with E-state index in [1.165, 1.54) is 6.07 Å². The first kappa shape index (κ1) is 12.1. The van der Waals surface area contributed by atoms with E-state index in [1.807, 2.05) is 0 Å². The Bertz CT molecular complexity index is 475. The highest BCUT2D eigenvalue weighted by Gasteiger charge is 2.15. The maximum atomic E-state index is 13.1. The smallest absolute Gasteiger partial charge is 0.276 e. The predicted molar refractivity (Wildman–Crippen MR) is 58.6 cm³/mol. The number of benzene rings is 1. The zero-order valence-corrected chi connectivity index (χ0v) is 9.00. The second-order valence-corrected chi connectivity index (χ2v) is 3.19. The molecule has 0 fully saturated rings. The summed E-state index contributed by atoms with van der Waals surface area (Å²) in [6.07, 6.45) is 0. The van der Waals surface area contributed by atoms with E-state index in [-0.39, 0.29) is 5.69 Å². The SMILES string of the molecule is CNCC#Cc1cc(F)cc([N+](=O)[O-])c1C. The Kier molecular flexibility index (Phi) is 3.97. The molecule has 0 saturated heterocycles. The lowest BCUT2D eigenvalue weighted by Crippen LogP contribution is -2.04. The van der Waals surface area contributed by atoms with Crippen molar-refractivity contribution in [3.05, 3.63) is 39.2 Å². The fourth-order valence-electron chi connectivity index (χ4n) is 1.21. The molecule has 0 unspecified atom stereocenters. The molecule has 0 saturated carbocycles. The van der Waals surface area contributed by atoms with E-state index < -0.39 is 10.7 Å². The van der Waals surface area contributed by atoms with Crippen LogP contribution in [0, 0.1) is 34.7 Å². The number of nitro benzene ring substituents is 1. The Labute approximate surface area is 92.6 Å². The van der Waals surface area contributed by atoms with Crippen LogP contribution in [0.1, 0.15) is 11.1 Å². The second kappa shape index (κ2) is 5.24. The number of hydrogen-bond acceptors (Lipinski definition) is 3. The topological polar surface area (TPSA) is 55.2 Å². The summed E-state index contributed by atoms with van der Waals surface area (Å²) in [4.78, 5) is 10.0. The van der Waals surface area contributed by atoms with Crippen molar-refractivity contribution in [3.8, 4) is 11.8 Å². The summed E-state index contributed by atoms with van der Waals surface area (Å²) in [6, 6.07) is 2.10. The van der Waals surface area contributed by atoms with Gasteiger partial charge in [-0.15, -0.1) is 0 Å². The highest BCUT2D eigenvalue weighted by molar-refractivity contribution is 5.52. The lowest BCUT2D eigenvalue weighted by atomic mass is 10.1. The molecule has 84 valence electrons. The van der Waals surface area contributed by atoms with Gasteiger partial charge in [-0.25, -0.2) is 4.39 Å². The largest absolute Gasteiger partial charge is 0.309 e. The first-order valence-electron chi connectivity index (χ1n) is 4.64. The van der Waals surface area contributed by atoms with E-state index in [1.54, 1.807) is 14.0 Å². The van der Waals surface area contributed by atoms with Crippen molar-refractivity contribution in [2.24, 2.45) is 0 Å². The third kappa shape index (κ3) is 2.78. The summed E-state index contributed by atoms with van der Waals surface area (Å²) >= 11 is 0. The molecule has 0 aromatic heterocycles. The molecule has 5 heteroatoms. The van der Waals surface area contributed by atoms with Gasteiger partial charge in [-0.1, -0.05) is 11.8 Å². The molecule has 16 heavy (non-hydrogen) atoms. The van der Waals surface area contributed by atoms with Gasteiger partial charge in [-0.2, -0.15) is 0 Å². The maximum Gasteiger partial charge on any atom is 0.276 e. The summed E-state index contributed by atoms with van der Waals surface area (Å²) in [5, 5.41) is 13.4. The van der Waals surface area contributed by atoms with Crippen LogP contribution in [0.2, 0.25) is 0 Å². The van der Waals surface area contributed by atoms with E-state index in [0.717, 1.165) is 6.07 Å². The Morgan fingerprint density at radius 2 is 2.25 bits per heavy atom. The van der Waals surface area contributed by atoms with Gasteiger partial charge in [0, 0.05) is 11.1 Å². The standard InChI is InChI=1S/C11H11FN2O2/c1-8-9(4-3-5-13-2)6-10(12)7-11(8)14(15)16/h6-7,13H,5H2,1-2H3. The van der Waals surface area contributed by atoms with Crippen molar-refractivity contribution in [1.82, 2.24) is 5.32 Å². The number of hydrogen-bond donors (Lipinski definition) is 1.